The van der Waals surface area contributed by atoms with Crippen LogP contribution in [0.1, 0.15) is 37.7 Å². The molecule has 0 N–H and O–H groups in total. The number of fused-ring (bicyclic) bond motifs is 3. The summed E-state index contributed by atoms with van der Waals surface area (Å²) in [5, 5.41) is 7.89. The summed E-state index contributed by atoms with van der Waals surface area (Å²) in [5.74, 6) is 0.653. The van der Waals surface area contributed by atoms with Crippen LogP contribution in [0.5, 0.6) is 0 Å². The van der Waals surface area contributed by atoms with E-state index in [0.29, 0.717) is 5.92 Å². The SMILES string of the molecule is C[PH](C)(C)C/C(=C(\B(c1ccc2ccccc2c1)c1ccc2ccccc2c1)c1ccc2ccccc2c1)C1CCCCC1. The quantitative estimate of drug-likeness (QED) is 0.128. The maximum absolute atomic E-state index is 2.56. The normalized spacial score (nSPS) is 15.4. The van der Waals surface area contributed by atoms with Crippen LogP contribution in [0.4, 0.5) is 0 Å². The van der Waals surface area contributed by atoms with Crippen molar-refractivity contribution < 1.29 is 0 Å². The Labute approximate surface area is 264 Å². The van der Waals surface area contributed by atoms with E-state index in [4.69, 9.17) is 0 Å². The van der Waals surface area contributed by atoms with E-state index in [0.717, 1.165) is 0 Å². The molecule has 0 amide bonds. The molecular weight excluding hydrogens is 546 g/mol. The maximum atomic E-state index is 2.56. The average Bonchev–Trinajstić information content (AvgIpc) is 3.05. The zero-order chi connectivity index (χ0) is 30.1. The summed E-state index contributed by atoms with van der Waals surface area (Å²) in [5.41, 5.74) is 7.49. The second kappa shape index (κ2) is 12.4. The number of benzene rings is 6. The predicted molar refractivity (Wildman–Crippen MR) is 201 cm³/mol. The Balaban J connectivity index is 1.56. The van der Waals surface area contributed by atoms with Crippen molar-refractivity contribution in [3.63, 3.8) is 0 Å². The Morgan fingerprint density at radius 2 is 1.00 bits per heavy atom. The van der Waals surface area contributed by atoms with E-state index in [-0.39, 0.29) is 6.71 Å². The number of hydrogen-bond donors (Lipinski definition) is 0. The number of allylic oxidation sites excluding steroid dienone is 1. The van der Waals surface area contributed by atoms with Crippen molar-refractivity contribution in [3.8, 4) is 0 Å². The fraction of sp³-hybridized carbons (Fsp3) is 0.238. The van der Waals surface area contributed by atoms with Crippen molar-refractivity contribution in [1.29, 1.82) is 0 Å². The van der Waals surface area contributed by atoms with Gasteiger partial charge in [0.1, 0.15) is 0 Å². The molecule has 1 aliphatic rings. The Morgan fingerprint density at radius 3 is 1.50 bits per heavy atom. The van der Waals surface area contributed by atoms with Crippen molar-refractivity contribution in [3.05, 3.63) is 139 Å². The van der Waals surface area contributed by atoms with E-state index in [1.54, 1.807) is 11.0 Å². The average molecular weight is 591 g/mol. The van der Waals surface area contributed by atoms with Gasteiger partial charge in [-0.15, -0.1) is 0 Å². The van der Waals surface area contributed by atoms with Crippen LogP contribution in [0.15, 0.2) is 133 Å². The first-order valence-electron chi connectivity index (χ1n) is 16.6. The molecule has 1 saturated carbocycles. The van der Waals surface area contributed by atoms with Crippen LogP contribution in [0.25, 0.3) is 37.8 Å². The van der Waals surface area contributed by atoms with Crippen LogP contribution in [0.3, 0.4) is 0 Å². The summed E-state index contributed by atoms with van der Waals surface area (Å²) >= 11 is 0. The van der Waals surface area contributed by atoms with Crippen LogP contribution < -0.4 is 10.9 Å². The zero-order valence-corrected chi connectivity index (χ0v) is 27.5. The van der Waals surface area contributed by atoms with Gasteiger partial charge in [0.2, 0.25) is 0 Å². The van der Waals surface area contributed by atoms with Crippen LogP contribution in [-0.2, 0) is 0 Å². The van der Waals surface area contributed by atoms with Gasteiger partial charge in [-0.25, -0.2) is 0 Å². The third kappa shape index (κ3) is 6.13. The van der Waals surface area contributed by atoms with E-state index in [2.05, 4.69) is 147 Å². The van der Waals surface area contributed by atoms with Crippen LogP contribution in [0.2, 0.25) is 0 Å². The van der Waals surface area contributed by atoms with E-state index in [1.807, 2.05) is 0 Å². The third-order valence-corrected chi connectivity index (χ3v) is 11.2. The molecule has 7 rings (SSSR count). The van der Waals surface area contributed by atoms with Gasteiger partial charge in [-0.3, -0.25) is 0 Å². The molecule has 1 fully saturated rings. The third-order valence-electron chi connectivity index (χ3n) is 9.73. The van der Waals surface area contributed by atoms with Gasteiger partial charge in [0.25, 0.3) is 0 Å². The van der Waals surface area contributed by atoms with Gasteiger partial charge in [-0.1, -0.05) is 0 Å². The molecular formula is C42H44BP. The number of rotatable bonds is 7. The number of hydrogen-bond acceptors (Lipinski definition) is 0. The zero-order valence-electron chi connectivity index (χ0n) is 26.5. The summed E-state index contributed by atoms with van der Waals surface area (Å²) in [6.45, 7) is 7.84. The van der Waals surface area contributed by atoms with Gasteiger partial charge in [0, 0.05) is 0 Å². The molecule has 6 aromatic rings. The Morgan fingerprint density at radius 1 is 0.545 bits per heavy atom. The standard InChI is InChI=1S/C42H44BP/c1-44(2,3)30-41(34-16-5-4-6-17-34)42(38-22-21-31-13-7-10-18-35(31)27-38)43(39-25-23-32-14-8-11-19-36(32)28-39)40-26-24-33-15-9-12-20-37(33)29-40/h7-15,18-29,34,44H,4-6,16-17,30H2,1-3H3/b42-41+. The Hall–Kier alpha value is -3.67. The van der Waals surface area contributed by atoms with Crippen LogP contribution in [-0.4, -0.2) is 32.9 Å². The van der Waals surface area contributed by atoms with Crippen molar-refractivity contribution in [1.82, 2.24) is 0 Å². The second-order valence-corrected chi connectivity index (χ2v) is 19.7. The first-order valence-corrected chi connectivity index (χ1v) is 20.3. The molecule has 6 aromatic carbocycles. The fourth-order valence-electron chi connectivity index (χ4n) is 7.68. The molecule has 0 atom stereocenters. The fourth-order valence-corrected chi connectivity index (χ4v) is 9.30. The summed E-state index contributed by atoms with van der Waals surface area (Å²) in [7, 11) is -1.45. The molecule has 0 bridgehead atoms. The molecule has 0 nitrogen and oxygen atoms in total. The minimum absolute atomic E-state index is 0.152. The van der Waals surface area contributed by atoms with E-state index in [1.165, 1.54) is 87.1 Å². The Bertz CT molecular complexity index is 1890. The molecule has 0 spiro atoms. The van der Waals surface area contributed by atoms with Gasteiger partial charge < -0.3 is 0 Å². The molecule has 44 heavy (non-hydrogen) atoms. The summed E-state index contributed by atoms with van der Waals surface area (Å²) in [4.78, 5) is 0. The molecule has 220 valence electrons. The van der Waals surface area contributed by atoms with E-state index < -0.39 is 7.26 Å². The first-order chi connectivity index (χ1) is 21.4. The molecule has 0 saturated heterocycles. The van der Waals surface area contributed by atoms with E-state index >= 15 is 0 Å². The van der Waals surface area contributed by atoms with Crippen molar-refractivity contribution in [2.75, 3.05) is 26.2 Å². The summed E-state index contributed by atoms with van der Waals surface area (Å²) in [6, 6.07) is 48.3. The van der Waals surface area contributed by atoms with Gasteiger partial charge in [-0.2, -0.15) is 0 Å². The predicted octanol–water partition coefficient (Wildman–Crippen LogP) is 9.97. The molecule has 2 heteroatoms. The topological polar surface area (TPSA) is 0 Å². The second-order valence-electron chi connectivity index (χ2n) is 14.2. The van der Waals surface area contributed by atoms with Crippen molar-refractivity contribution in [2.24, 2.45) is 5.92 Å². The molecule has 0 heterocycles. The van der Waals surface area contributed by atoms with Gasteiger partial charge in [0.15, 0.2) is 0 Å². The van der Waals surface area contributed by atoms with Crippen LogP contribution >= 0.6 is 7.26 Å². The molecule has 0 unspecified atom stereocenters. The van der Waals surface area contributed by atoms with Gasteiger partial charge in [0.05, 0.1) is 0 Å². The first kappa shape index (κ1) is 29.1. The summed E-state index contributed by atoms with van der Waals surface area (Å²) < 4.78 is 0. The Kier molecular flexibility index (Phi) is 8.18. The summed E-state index contributed by atoms with van der Waals surface area (Å²) in [6.07, 6.45) is 7.96. The molecule has 0 aliphatic heterocycles. The van der Waals surface area contributed by atoms with Gasteiger partial charge >= 0.3 is 265 Å². The monoisotopic (exact) mass is 590 g/mol. The minimum atomic E-state index is -1.45. The van der Waals surface area contributed by atoms with Crippen molar-refractivity contribution in [2.45, 2.75) is 32.1 Å². The molecule has 0 radical (unpaired) electrons. The molecule has 1 aliphatic carbocycles. The molecule has 0 aromatic heterocycles. The van der Waals surface area contributed by atoms with E-state index in [9.17, 15) is 0 Å². The van der Waals surface area contributed by atoms with Crippen molar-refractivity contribution >= 4 is 62.7 Å². The van der Waals surface area contributed by atoms with Gasteiger partial charge in [-0.05, 0) is 0 Å². The van der Waals surface area contributed by atoms with Crippen LogP contribution in [0, 0.1) is 5.92 Å².